The zero-order valence-electron chi connectivity index (χ0n) is 9.72. The highest BCUT2D eigenvalue weighted by Crippen LogP contribution is 2.30. The molecule has 1 aromatic carbocycles. The molecule has 1 aliphatic heterocycles. The smallest absolute Gasteiger partial charge is 0.248 e. The van der Waals surface area contributed by atoms with Gasteiger partial charge >= 0.3 is 0 Å². The van der Waals surface area contributed by atoms with Gasteiger partial charge in [-0.15, -0.1) is 0 Å². The fraction of sp³-hybridized carbons (Fsp3) is 0.333. The first-order valence-corrected chi connectivity index (χ1v) is 5.67. The van der Waals surface area contributed by atoms with Crippen LogP contribution in [0.3, 0.4) is 0 Å². The molecule has 0 saturated carbocycles. The lowest BCUT2D eigenvalue weighted by molar-refractivity contribution is -0.127. The van der Waals surface area contributed by atoms with Crippen LogP contribution in [0.15, 0.2) is 24.3 Å². The fourth-order valence-electron chi connectivity index (χ4n) is 1.94. The highest BCUT2D eigenvalue weighted by Gasteiger charge is 2.28. The Balaban J connectivity index is 1.97. The lowest BCUT2D eigenvalue weighted by Gasteiger charge is -2.12. The van der Waals surface area contributed by atoms with Crippen molar-refractivity contribution in [3.05, 3.63) is 29.8 Å². The molecular weight excluding hydrogens is 234 g/mol. The summed E-state index contributed by atoms with van der Waals surface area (Å²) in [7, 11) is 0. The van der Waals surface area contributed by atoms with Crippen LogP contribution in [0.5, 0.6) is 0 Å². The van der Waals surface area contributed by atoms with Gasteiger partial charge in [0.05, 0.1) is 12.5 Å². The Bertz CT molecular complexity index is 475. The second kappa shape index (κ2) is 5.05. The van der Waals surface area contributed by atoms with Crippen molar-refractivity contribution in [1.82, 2.24) is 5.32 Å². The Labute approximate surface area is 104 Å². The summed E-state index contributed by atoms with van der Waals surface area (Å²) in [4.78, 5) is 22.6. The van der Waals surface area contributed by atoms with Gasteiger partial charge in [-0.1, -0.05) is 18.2 Å². The number of para-hydroxylation sites is 1. The molecule has 6 nitrogen and oxygen atoms in total. The van der Waals surface area contributed by atoms with Crippen molar-refractivity contribution in [2.45, 2.75) is 12.0 Å². The van der Waals surface area contributed by atoms with E-state index in [2.05, 4.69) is 10.6 Å². The highest BCUT2D eigenvalue weighted by atomic mass is 16.3. The average molecular weight is 249 g/mol. The van der Waals surface area contributed by atoms with E-state index in [4.69, 9.17) is 5.73 Å². The first-order valence-electron chi connectivity index (χ1n) is 5.67. The standard InChI is InChI=1S/C12H15N3O3/c13-11(17)10(16)6-15-12(18)8-5-14-9-4-2-1-3-7(8)9/h1-4,8,10,14,16H,5-6H2,(H2,13,17)(H,15,18). The van der Waals surface area contributed by atoms with Gasteiger partial charge in [0.1, 0.15) is 6.10 Å². The number of aliphatic hydroxyl groups excluding tert-OH is 1. The van der Waals surface area contributed by atoms with Crippen LogP contribution >= 0.6 is 0 Å². The monoisotopic (exact) mass is 249 g/mol. The third-order valence-electron chi connectivity index (χ3n) is 2.95. The van der Waals surface area contributed by atoms with Crippen molar-refractivity contribution in [3.63, 3.8) is 0 Å². The van der Waals surface area contributed by atoms with Crippen molar-refractivity contribution in [1.29, 1.82) is 0 Å². The first-order chi connectivity index (χ1) is 8.59. The lowest BCUT2D eigenvalue weighted by Crippen LogP contribution is -2.41. The molecule has 0 bridgehead atoms. The quantitative estimate of drug-likeness (QED) is 0.558. The molecule has 18 heavy (non-hydrogen) atoms. The number of carbonyl (C=O) groups excluding carboxylic acids is 2. The zero-order chi connectivity index (χ0) is 13.1. The van der Waals surface area contributed by atoms with Crippen LogP contribution < -0.4 is 16.4 Å². The molecule has 1 aliphatic rings. The van der Waals surface area contributed by atoms with Crippen LogP contribution in [-0.2, 0) is 9.59 Å². The summed E-state index contributed by atoms with van der Waals surface area (Å²) < 4.78 is 0. The van der Waals surface area contributed by atoms with Crippen molar-refractivity contribution in [2.75, 3.05) is 18.4 Å². The number of primary amides is 1. The van der Waals surface area contributed by atoms with Crippen molar-refractivity contribution < 1.29 is 14.7 Å². The molecule has 2 unspecified atom stereocenters. The number of nitrogens with one attached hydrogen (secondary N) is 2. The Morgan fingerprint density at radius 3 is 2.94 bits per heavy atom. The van der Waals surface area contributed by atoms with Gasteiger partial charge in [-0.2, -0.15) is 0 Å². The van der Waals surface area contributed by atoms with Crippen LogP contribution in [0.25, 0.3) is 0 Å². The lowest BCUT2D eigenvalue weighted by atomic mass is 10.0. The molecule has 0 saturated heterocycles. The number of hydrogen-bond donors (Lipinski definition) is 4. The van der Waals surface area contributed by atoms with Crippen LogP contribution in [0, 0.1) is 0 Å². The van der Waals surface area contributed by atoms with E-state index in [1.807, 2.05) is 24.3 Å². The number of carbonyl (C=O) groups is 2. The molecule has 1 aromatic rings. The molecule has 0 spiro atoms. The van der Waals surface area contributed by atoms with E-state index in [0.717, 1.165) is 11.3 Å². The molecule has 2 rings (SSSR count). The van der Waals surface area contributed by atoms with Gasteiger partial charge in [0.2, 0.25) is 11.8 Å². The van der Waals surface area contributed by atoms with Crippen LogP contribution in [0.4, 0.5) is 5.69 Å². The summed E-state index contributed by atoms with van der Waals surface area (Å²) >= 11 is 0. The van der Waals surface area contributed by atoms with Gasteiger partial charge in [-0.3, -0.25) is 9.59 Å². The van der Waals surface area contributed by atoms with Gasteiger partial charge in [-0.25, -0.2) is 0 Å². The molecule has 6 heteroatoms. The van der Waals surface area contributed by atoms with E-state index in [0.29, 0.717) is 6.54 Å². The number of nitrogens with two attached hydrogens (primary N) is 1. The number of fused-ring (bicyclic) bond motifs is 1. The number of hydrogen-bond acceptors (Lipinski definition) is 4. The third-order valence-corrected chi connectivity index (χ3v) is 2.95. The van der Waals surface area contributed by atoms with Crippen LogP contribution in [0.2, 0.25) is 0 Å². The molecular formula is C12H15N3O3. The van der Waals surface area contributed by atoms with Gasteiger partial charge < -0.3 is 21.5 Å². The molecule has 2 atom stereocenters. The van der Waals surface area contributed by atoms with E-state index in [9.17, 15) is 14.7 Å². The highest BCUT2D eigenvalue weighted by molar-refractivity contribution is 5.88. The normalized spacial score (nSPS) is 18.6. The fourth-order valence-corrected chi connectivity index (χ4v) is 1.94. The zero-order valence-corrected chi connectivity index (χ0v) is 9.72. The van der Waals surface area contributed by atoms with Gasteiger partial charge in [0.25, 0.3) is 0 Å². The number of rotatable bonds is 4. The average Bonchev–Trinajstić information content (AvgIpc) is 2.79. The number of amides is 2. The molecule has 5 N–H and O–H groups in total. The molecule has 0 radical (unpaired) electrons. The maximum absolute atomic E-state index is 11.9. The molecule has 96 valence electrons. The number of aliphatic hydroxyl groups is 1. The first kappa shape index (κ1) is 12.4. The van der Waals surface area contributed by atoms with Crippen molar-refractivity contribution in [2.24, 2.45) is 5.73 Å². The maximum atomic E-state index is 11.9. The summed E-state index contributed by atoms with van der Waals surface area (Å²) in [5.74, 6) is -1.38. The Morgan fingerprint density at radius 1 is 1.50 bits per heavy atom. The van der Waals surface area contributed by atoms with Gasteiger partial charge in [0, 0.05) is 12.2 Å². The van der Waals surface area contributed by atoms with E-state index in [1.165, 1.54) is 0 Å². The van der Waals surface area contributed by atoms with Crippen molar-refractivity contribution in [3.8, 4) is 0 Å². The SMILES string of the molecule is NC(=O)C(O)CNC(=O)C1CNc2ccccc21. The Kier molecular flexibility index (Phi) is 3.47. The third kappa shape index (κ3) is 2.43. The molecule has 1 heterocycles. The Morgan fingerprint density at radius 2 is 2.22 bits per heavy atom. The molecule has 0 aromatic heterocycles. The second-order valence-corrected chi connectivity index (χ2v) is 4.18. The minimum Gasteiger partial charge on any atom is -0.384 e. The summed E-state index contributed by atoms with van der Waals surface area (Å²) in [6.07, 6.45) is -1.35. The van der Waals surface area contributed by atoms with E-state index >= 15 is 0 Å². The largest absolute Gasteiger partial charge is 0.384 e. The predicted molar refractivity (Wildman–Crippen MR) is 65.9 cm³/mol. The van der Waals surface area contributed by atoms with Crippen LogP contribution in [-0.4, -0.2) is 36.1 Å². The topological polar surface area (TPSA) is 104 Å². The van der Waals surface area contributed by atoms with E-state index < -0.39 is 12.0 Å². The second-order valence-electron chi connectivity index (χ2n) is 4.18. The minimum absolute atomic E-state index is 0.160. The molecule has 0 aliphatic carbocycles. The van der Waals surface area contributed by atoms with Gasteiger partial charge in [-0.05, 0) is 11.6 Å². The molecule has 2 amide bonds. The van der Waals surface area contributed by atoms with Crippen LogP contribution in [0.1, 0.15) is 11.5 Å². The maximum Gasteiger partial charge on any atom is 0.248 e. The summed E-state index contributed by atoms with van der Waals surface area (Å²) in [6, 6.07) is 7.54. The van der Waals surface area contributed by atoms with E-state index in [-0.39, 0.29) is 18.4 Å². The summed E-state index contributed by atoms with van der Waals surface area (Å²) in [5.41, 5.74) is 6.76. The minimum atomic E-state index is -1.35. The van der Waals surface area contributed by atoms with E-state index in [1.54, 1.807) is 0 Å². The number of benzene rings is 1. The molecule has 0 fully saturated rings. The van der Waals surface area contributed by atoms with Gasteiger partial charge in [0.15, 0.2) is 0 Å². The summed E-state index contributed by atoms with van der Waals surface area (Å²) in [6.45, 7) is 0.352. The summed E-state index contributed by atoms with van der Waals surface area (Å²) in [5, 5.41) is 14.9. The predicted octanol–water partition coefficient (Wildman–Crippen LogP) is -0.842. The Hall–Kier alpha value is -2.08. The van der Waals surface area contributed by atoms with Crippen molar-refractivity contribution >= 4 is 17.5 Å². The number of anilines is 1.